The van der Waals surface area contributed by atoms with Gasteiger partial charge in [0.05, 0.1) is 4.92 Å². The number of hydrogen-bond acceptors (Lipinski definition) is 5. The SMILES string of the molecule is C[C](C)C(NC(=O)O)C1CCN(c2ccc(C(C)=O)cc2[N+](=O)[O-])CC1. The minimum absolute atomic E-state index is 0.0744. The van der Waals surface area contributed by atoms with Crippen molar-refractivity contribution in [2.75, 3.05) is 18.0 Å². The number of nitrogens with zero attached hydrogens (tertiary/aromatic N) is 2. The van der Waals surface area contributed by atoms with Crippen LogP contribution in [-0.4, -0.2) is 41.0 Å². The molecule has 2 rings (SSSR count). The Bertz CT molecular complexity index is 696. The molecule has 1 aliphatic heterocycles. The lowest BCUT2D eigenvalue weighted by atomic mass is 9.83. The molecule has 1 aliphatic rings. The van der Waals surface area contributed by atoms with E-state index in [0.29, 0.717) is 24.3 Å². The molecule has 0 bridgehead atoms. The number of benzene rings is 1. The normalized spacial score (nSPS) is 16.4. The lowest BCUT2D eigenvalue weighted by Gasteiger charge is -2.38. The van der Waals surface area contributed by atoms with E-state index in [1.165, 1.54) is 13.0 Å². The summed E-state index contributed by atoms with van der Waals surface area (Å²) in [5.74, 6) is 0.945. The summed E-state index contributed by atoms with van der Waals surface area (Å²) >= 11 is 0. The molecule has 1 amide bonds. The number of anilines is 1. The highest BCUT2D eigenvalue weighted by molar-refractivity contribution is 5.95. The average molecular weight is 362 g/mol. The van der Waals surface area contributed by atoms with E-state index in [4.69, 9.17) is 5.11 Å². The third kappa shape index (κ3) is 4.50. The molecule has 1 unspecified atom stereocenters. The van der Waals surface area contributed by atoms with Crippen LogP contribution < -0.4 is 10.2 Å². The van der Waals surface area contributed by atoms with Crippen molar-refractivity contribution in [1.82, 2.24) is 5.32 Å². The molecule has 1 fully saturated rings. The number of amides is 1. The molecular formula is C18H24N3O5. The van der Waals surface area contributed by atoms with Gasteiger partial charge in [0.15, 0.2) is 5.78 Å². The summed E-state index contributed by atoms with van der Waals surface area (Å²) in [7, 11) is 0. The number of rotatable bonds is 6. The molecule has 1 aromatic carbocycles. The molecule has 1 saturated heterocycles. The van der Waals surface area contributed by atoms with Crippen LogP contribution in [0, 0.1) is 22.0 Å². The van der Waals surface area contributed by atoms with Gasteiger partial charge in [-0.15, -0.1) is 0 Å². The molecule has 1 aromatic rings. The fraction of sp³-hybridized carbons (Fsp3) is 0.500. The second kappa shape index (κ2) is 8.16. The predicted octanol–water partition coefficient (Wildman–Crippen LogP) is 3.26. The first-order chi connectivity index (χ1) is 12.2. The Morgan fingerprint density at radius 1 is 1.27 bits per heavy atom. The van der Waals surface area contributed by atoms with Gasteiger partial charge in [0.1, 0.15) is 5.69 Å². The molecule has 1 radical (unpaired) electrons. The van der Waals surface area contributed by atoms with Gasteiger partial charge in [-0.05, 0) is 43.7 Å². The lowest BCUT2D eigenvalue weighted by Crippen LogP contribution is -2.47. The third-order valence-electron chi connectivity index (χ3n) is 4.83. The van der Waals surface area contributed by atoms with Crippen molar-refractivity contribution in [3.05, 3.63) is 39.8 Å². The van der Waals surface area contributed by atoms with Crippen molar-refractivity contribution in [3.63, 3.8) is 0 Å². The predicted molar refractivity (Wildman–Crippen MR) is 97.6 cm³/mol. The van der Waals surface area contributed by atoms with Crippen molar-refractivity contribution in [1.29, 1.82) is 0 Å². The van der Waals surface area contributed by atoms with Crippen molar-refractivity contribution < 1.29 is 19.6 Å². The highest BCUT2D eigenvalue weighted by Gasteiger charge is 2.32. The smallest absolute Gasteiger partial charge is 0.404 e. The summed E-state index contributed by atoms with van der Waals surface area (Å²) in [6.07, 6.45) is 0.401. The zero-order valence-corrected chi connectivity index (χ0v) is 15.2. The lowest BCUT2D eigenvalue weighted by molar-refractivity contribution is -0.384. The van der Waals surface area contributed by atoms with Gasteiger partial charge in [-0.25, -0.2) is 4.79 Å². The molecule has 8 heteroatoms. The number of piperidine rings is 1. The van der Waals surface area contributed by atoms with Crippen LogP contribution >= 0.6 is 0 Å². The van der Waals surface area contributed by atoms with Gasteiger partial charge in [-0.2, -0.15) is 0 Å². The van der Waals surface area contributed by atoms with E-state index in [0.717, 1.165) is 18.8 Å². The summed E-state index contributed by atoms with van der Waals surface area (Å²) in [6, 6.07) is 4.34. The Hall–Kier alpha value is -2.64. The largest absolute Gasteiger partial charge is 0.465 e. The van der Waals surface area contributed by atoms with Crippen LogP contribution in [0.4, 0.5) is 16.2 Å². The number of nitro groups is 1. The number of carboxylic acid groups (broad SMARTS) is 1. The van der Waals surface area contributed by atoms with Gasteiger partial charge in [0.25, 0.3) is 5.69 Å². The minimum atomic E-state index is -1.05. The van der Waals surface area contributed by atoms with E-state index in [1.54, 1.807) is 12.1 Å². The maximum Gasteiger partial charge on any atom is 0.404 e. The van der Waals surface area contributed by atoms with Gasteiger partial charge >= 0.3 is 6.09 Å². The van der Waals surface area contributed by atoms with Crippen molar-refractivity contribution in [2.24, 2.45) is 5.92 Å². The highest BCUT2D eigenvalue weighted by Crippen LogP contribution is 2.34. The summed E-state index contributed by atoms with van der Waals surface area (Å²) in [5.41, 5.74) is 0.741. The topological polar surface area (TPSA) is 113 Å². The van der Waals surface area contributed by atoms with Crippen LogP contribution in [0.3, 0.4) is 0 Å². The van der Waals surface area contributed by atoms with Gasteiger partial charge in [-0.3, -0.25) is 14.9 Å². The van der Waals surface area contributed by atoms with E-state index in [9.17, 15) is 19.7 Å². The fourth-order valence-electron chi connectivity index (χ4n) is 3.50. The molecule has 0 aliphatic carbocycles. The Morgan fingerprint density at radius 3 is 2.35 bits per heavy atom. The molecule has 26 heavy (non-hydrogen) atoms. The van der Waals surface area contributed by atoms with E-state index in [2.05, 4.69) is 5.32 Å². The van der Waals surface area contributed by atoms with Gasteiger partial charge in [0.2, 0.25) is 0 Å². The van der Waals surface area contributed by atoms with Crippen LogP contribution in [-0.2, 0) is 0 Å². The molecule has 8 nitrogen and oxygen atoms in total. The second-order valence-corrected chi connectivity index (χ2v) is 6.85. The molecule has 2 N–H and O–H groups in total. The zero-order chi connectivity index (χ0) is 19.4. The third-order valence-corrected chi connectivity index (χ3v) is 4.83. The van der Waals surface area contributed by atoms with Gasteiger partial charge < -0.3 is 15.3 Å². The van der Waals surface area contributed by atoms with Crippen molar-refractivity contribution >= 4 is 23.3 Å². The first-order valence-electron chi connectivity index (χ1n) is 8.54. The van der Waals surface area contributed by atoms with E-state index in [1.807, 2.05) is 18.7 Å². The number of nitrogens with one attached hydrogen (secondary N) is 1. The number of hydrogen-bond donors (Lipinski definition) is 2. The van der Waals surface area contributed by atoms with Crippen molar-refractivity contribution in [2.45, 2.75) is 39.7 Å². The van der Waals surface area contributed by atoms with E-state index < -0.39 is 11.0 Å². The number of ketones is 1. The quantitative estimate of drug-likeness (QED) is 0.456. The Balaban J connectivity index is 2.15. The van der Waals surface area contributed by atoms with Crippen LogP contribution in [0.5, 0.6) is 0 Å². The second-order valence-electron chi connectivity index (χ2n) is 6.85. The Labute approximate surface area is 152 Å². The molecule has 0 spiro atoms. The molecule has 141 valence electrons. The van der Waals surface area contributed by atoms with Crippen LogP contribution in [0.1, 0.15) is 44.0 Å². The van der Waals surface area contributed by atoms with Crippen LogP contribution in [0.25, 0.3) is 0 Å². The standard InChI is InChI=1S/C18H24N3O5/c1-11(2)17(19-18(23)24)13-6-8-20(9-7-13)15-5-4-14(12(3)22)10-16(15)21(25)26/h4-5,10,13,17,19H,6-9H2,1-3H3,(H,23,24). The first-order valence-corrected chi connectivity index (χ1v) is 8.54. The first kappa shape index (κ1) is 19.7. The van der Waals surface area contributed by atoms with Crippen LogP contribution in [0.15, 0.2) is 18.2 Å². The number of nitro benzene ring substituents is 1. The number of Topliss-reactive ketones (excluding diaryl/α,β-unsaturated/α-hetero) is 1. The Kier molecular flexibility index (Phi) is 6.18. The summed E-state index contributed by atoms with van der Waals surface area (Å²) in [5, 5.41) is 23.0. The van der Waals surface area contributed by atoms with E-state index >= 15 is 0 Å². The highest BCUT2D eigenvalue weighted by atomic mass is 16.6. The molecule has 0 saturated carbocycles. The van der Waals surface area contributed by atoms with Crippen molar-refractivity contribution in [3.8, 4) is 0 Å². The Morgan fingerprint density at radius 2 is 1.88 bits per heavy atom. The van der Waals surface area contributed by atoms with E-state index in [-0.39, 0.29) is 23.4 Å². The summed E-state index contributed by atoms with van der Waals surface area (Å²) < 4.78 is 0. The van der Waals surface area contributed by atoms with Gasteiger partial charge in [0, 0.05) is 30.8 Å². The fourth-order valence-corrected chi connectivity index (χ4v) is 3.50. The summed E-state index contributed by atoms with van der Waals surface area (Å²) in [6.45, 7) is 6.37. The molecule has 0 aromatic heterocycles. The summed E-state index contributed by atoms with van der Waals surface area (Å²) in [4.78, 5) is 35.4. The van der Waals surface area contributed by atoms with Gasteiger partial charge in [-0.1, -0.05) is 13.8 Å². The number of carbonyl (C=O) groups excluding carboxylic acids is 1. The molecule has 1 atom stereocenters. The minimum Gasteiger partial charge on any atom is -0.465 e. The van der Waals surface area contributed by atoms with Crippen LogP contribution in [0.2, 0.25) is 0 Å². The molecule has 1 heterocycles. The maximum absolute atomic E-state index is 11.5. The zero-order valence-electron chi connectivity index (χ0n) is 15.2. The average Bonchev–Trinajstić information content (AvgIpc) is 2.59. The molecular weight excluding hydrogens is 338 g/mol. The number of carbonyl (C=O) groups is 2. The maximum atomic E-state index is 11.5. The monoisotopic (exact) mass is 362 g/mol.